The van der Waals surface area contributed by atoms with Crippen LogP contribution in [-0.4, -0.2) is 25.6 Å². The number of benzene rings is 2. The summed E-state index contributed by atoms with van der Waals surface area (Å²) in [5.41, 5.74) is 7.28. The number of para-hydroxylation sites is 1. The molecule has 4 nitrogen and oxygen atoms in total. The zero-order chi connectivity index (χ0) is 14.9. The summed E-state index contributed by atoms with van der Waals surface area (Å²) >= 11 is 0. The standard InChI is InChI=1S/C17H20N2O2/c18-11-10-14-6-8-15(9-7-14)17(20)19-12-13-21-16-4-2-1-3-5-16/h1-9H,10-13,18H2,(H,19,20). The molecule has 0 unspecified atom stereocenters. The minimum absolute atomic E-state index is 0.0917. The molecule has 2 aromatic carbocycles. The van der Waals surface area contributed by atoms with Crippen LogP contribution in [0.15, 0.2) is 54.6 Å². The van der Waals surface area contributed by atoms with E-state index in [9.17, 15) is 4.79 Å². The number of hydrogen-bond acceptors (Lipinski definition) is 3. The van der Waals surface area contributed by atoms with Crippen molar-refractivity contribution in [2.24, 2.45) is 5.73 Å². The van der Waals surface area contributed by atoms with Crippen LogP contribution in [0.2, 0.25) is 0 Å². The van der Waals surface area contributed by atoms with Crippen molar-refractivity contribution in [3.8, 4) is 5.75 Å². The van der Waals surface area contributed by atoms with Gasteiger partial charge in [-0.2, -0.15) is 0 Å². The summed E-state index contributed by atoms with van der Waals surface area (Å²) < 4.78 is 5.51. The Hall–Kier alpha value is -2.33. The van der Waals surface area contributed by atoms with Crippen molar-refractivity contribution in [3.63, 3.8) is 0 Å². The molecule has 0 saturated carbocycles. The fourth-order valence-electron chi connectivity index (χ4n) is 1.94. The number of nitrogens with one attached hydrogen (secondary N) is 1. The average molecular weight is 284 g/mol. The number of nitrogens with two attached hydrogens (primary N) is 1. The second kappa shape index (κ2) is 8.07. The molecule has 4 heteroatoms. The van der Waals surface area contributed by atoms with Gasteiger partial charge in [-0.05, 0) is 42.8 Å². The van der Waals surface area contributed by atoms with Crippen LogP contribution in [0.5, 0.6) is 5.75 Å². The lowest BCUT2D eigenvalue weighted by molar-refractivity contribution is 0.0947. The van der Waals surface area contributed by atoms with Crippen LogP contribution in [0, 0.1) is 0 Å². The molecule has 0 saturated heterocycles. The third-order valence-electron chi connectivity index (χ3n) is 3.05. The van der Waals surface area contributed by atoms with Crippen molar-refractivity contribution in [3.05, 3.63) is 65.7 Å². The van der Waals surface area contributed by atoms with Crippen molar-refractivity contribution in [2.75, 3.05) is 19.7 Å². The van der Waals surface area contributed by atoms with Gasteiger partial charge in [0.25, 0.3) is 5.91 Å². The van der Waals surface area contributed by atoms with Gasteiger partial charge < -0.3 is 15.8 Å². The molecule has 2 rings (SSSR count). The Bertz CT molecular complexity index is 553. The molecule has 21 heavy (non-hydrogen) atoms. The van der Waals surface area contributed by atoms with E-state index < -0.39 is 0 Å². The lowest BCUT2D eigenvalue weighted by Crippen LogP contribution is -2.28. The van der Waals surface area contributed by atoms with Crippen LogP contribution in [-0.2, 0) is 6.42 Å². The molecule has 3 N–H and O–H groups in total. The maximum atomic E-state index is 11.9. The van der Waals surface area contributed by atoms with Gasteiger partial charge in [-0.1, -0.05) is 30.3 Å². The molecule has 0 bridgehead atoms. The van der Waals surface area contributed by atoms with Crippen molar-refractivity contribution >= 4 is 5.91 Å². The number of hydrogen-bond donors (Lipinski definition) is 2. The summed E-state index contributed by atoms with van der Waals surface area (Å²) in [5.74, 6) is 0.712. The van der Waals surface area contributed by atoms with Gasteiger partial charge in [0.2, 0.25) is 0 Å². The third kappa shape index (κ3) is 4.93. The summed E-state index contributed by atoms with van der Waals surface area (Å²) in [7, 11) is 0. The summed E-state index contributed by atoms with van der Waals surface area (Å²) in [6.07, 6.45) is 0.826. The highest BCUT2D eigenvalue weighted by atomic mass is 16.5. The molecule has 0 spiro atoms. The fourth-order valence-corrected chi connectivity index (χ4v) is 1.94. The first-order valence-electron chi connectivity index (χ1n) is 7.04. The molecular weight excluding hydrogens is 264 g/mol. The van der Waals surface area contributed by atoms with Crippen molar-refractivity contribution < 1.29 is 9.53 Å². The third-order valence-corrected chi connectivity index (χ3v) is 3.05. The smallest absolute Gasteiger partial charge is 0.251 e. The molecular formula is C17H20N2O2. The largest absolute Gasteiger partial charge is 0.492 e. The maximum absolute atomic E-state index is 11.9. The van der Waals surface area contributed by atoms with Crippen LogP contribution >= 0.6 is 0 Å². The number of carbonyl (C=O) groups is 1. The first-order chi connectivity index (χ1) is 10.3. The second-order valence-corrected chi connectivity index (χ2v) is 4.65. The van der Waals surface area contributed by atoms with E-state index in [0.717, 1.165) is 17.7 Å². The van der Waals surface area contributed by atoms with E-state index in [2.05, 4.69) is 5.32 Å². The van der Waals surface area contributed by atoms with E-state index in [0.29, 0.717) is 25.3 Å². The van der Waals surface area contributed by atoms with E-state index in [1.54, 1.807) is 0 Å². The number of carbonyl (C=O) groups excluding carboxylic acids is 1. The molecule has 0 aliphatic heterocycles. The van der Waals surface area contributed by atoms with Gasteiger partial charge in [-0.3, -0.25) is 4.79 Å². The summed E-state index contributed by atoms with van der Waals surface area (Å²) in [6, 6.07) is 17.0. The van der Waals surface area contributed by atoms with E-state index in [1.807, 2.05) is 54.6 Å². The maximum Gasteiger partial charge on any atom is 0.251 e. The molecule has 0 aliphatic carbocycles. The molecule has 0 atom stereocenters. The molecule has 0 radical (unpaired) electrons. The van der Waals surface area contributed by atoms with Gasteiger partial charge in [0.05, 0.1) is 6.54 Å². The quantitative estimate of drug-likeness (QED) is 0.764. The lowest BCUT2D eigenvalue weighted by Gasteiger charge is -2.08. The van der Waals surface area contributed by atoms with Gasteiger partial charge in [0, 0.05) is 5.56 Å². The highest BCUT2D eigenvalue weighted by Gasteiger charge is 2.04. The number of amides is 1. The normalized spacial score (nSPS) is 10.1. The molecule has 110 valence electrons. The molecule has 0 fully saturated rings. The minimum atomic E-state index is -0.0917. The Morgan fingerprint density at radius 3 is 2.43 bits per heavy atom. The highest BCUT2D eigenvalue weighted by molar-refractivity contribution is 5.94. The van der Waals surface area contributed by atoms with Crippen molar-refractivity contribution in [1.82, 2.24) is 5.32 Å². The Morgan fingerprint density at radius 1 is 1.05 bits per heavy atom. The van der Waals surface area contributed by atoms with Crippen LogP contribution in [0.3, 0.4) is 0 Å². The highest BCUT2D eigenvalue weighted by Crippen LogP contribution is 2.07. The summed E-state index contributed by atoms with van der Waals surface area (Å²) in [4.78, 5) is 11.9. The Kier molecular flexibility index (Phi) is 5.79. The SMILES string of the molecule is NCCc1ccc(C(=O)NCCOc2ccccc2)cc1. The predicted octanol–water partition coefficient (Wildman–Crippen LogP) is 2.00. The van der Waals surface area contributed by atoms with Crippen molar-refractivity contribution in [2.45, 2.75) is 6.42 Å². The molecule has 2 aromatic rings. The summed E-state index contributed by atoms with van der Waals surface area (Å²) in [5, 5.41) is 2.83. The first kappa shape index (κ1) is 15.1. The van der Waals surface area contributed by atoms with Crippen LogP contribution in [0.1, 0.15) is 15.9 Å². The monoisotopic (exact) mass is 284 g/mol. The van der Waals surface area contributed by atoms with Gasteiger partial charge >= 0.3 is 0 Å². The molecule has 0 aliphatic rings. The Labute approximate surface area is 124 Å². The minimum Gasteiger partial charge on any atom is -0.492 e. The lowest BCUT2D eigenvalue weighted by atomic mass is 10.1. The van der Waals surface area contributed by atoms with Gasteiger partial charge in [0.1, 0.15) is 12.4 Å². The van der Waals surface area contributed by atoms with E-state index in [4.69, 9.17) is 10.5 Å². The van der Waals surface area contributed by atoms with Crippen LogP contribution < -0.4 is 15.8 Å². The van der Waals surface area contributed by atoms with E-state index >= 15 is 0 Å². The average Bonchev–Trinajstić information content (AvgIpc) is 2.53. The predicted molar refractivity (Wildman–Crippen MR) is 83.5 cm³/mol. The number of ether oxygens (including phenoxy) is 1. The second-order valence-electron chi connectivity index (χ2n) is 4.65. The van der Waals surface area contributed by atoms with E-state index in [-0.39, 0.29) is 5.91 Å². The zero-order valence-corrected chi connectivity index (χ0v) is 11.9. The Balaban J connectivity index is 1.74. The van der Waals surface area contributed by atoms with E-state index in [1.165, 1.54) is 0 Å². The van der Waals surface area contributed by atoms with Gasteiger partial charge in [-0.15, -0.1) is 0 Å². The summed E-state index contributed by atoms with van der Waals surface area (Å²) in [6.45, 7) is 1.53. The van der Waals surface area contributed by atoms with Crippen molar-refractivity contribution in [1.29, 1.82) is 0 Å². The van der Waals surface area contributed by atoms with Gasteiger partial charge in [-0.25, -0.2) is 0 Å². The fraction of sp³-hybridized carbons (Fsp3) is 0.235. The molecule has 0 heterocycles. The Morgan fingerprint density at radius 2 is 1.76 bits per heavy atom. The molecule has 1 amide bonds. The molecule has 0 aromatic heterocycles. The number of rotatable bonds is 7. The van der Waals surface area contributed by atoms with Crippen LogP contribution in [0.25, 0.3) is 0 Å². The first-order valence-corrected chi connectivity index (χ1v) is 7.04. The topological polar surface area (TPSA) is 64.4 Å². The zero-order valence-electron chi connectivity index (χ0n) is 11.9. The van der Waals surface area contributed by atoms with Crippen LogP contribution in [0.4, 0.5) is 0 Å². The van der Waals surface area contributed by atoms with Gasteiger partial charge in [0.15, 0.2) is 0 Å².